The summed E-state index contributed by atoms with van der Waals surface area (Å²) in [4.78, 5) is 19.6. The van der Waals surface area contributed by atoms with Crippen molar-refractivity contribution >= 4 is 21.6 Å². The molecule has 136 valence electrons. The molecule has 2 heterocycles. The number of pyridine rings is 1. The van der Waals surface area contributed by atoms with Gasteiger partial charge in [-0.3, -0.25) is 9.78 Å². The van der Waals surface area contributed by atoms with Crippen molar-refractivity contribution in [2.45, 2.75) is 11.1 Å². The number of hydrazine groups is 1. The summed E-state index contributed by atoms with van der Waals surface area (Å²) in [6.45, 7) is 0. The molecule has 7 nitrogen and oxygen atoms in total. The zero-order chi connectivity index (χ0) is 18.9. The number of nitrogens with zero attached hydrogens (tertiary/aromatic N) is 2. The molecule has 27 heavy (non-hydrogen) atoms. The van der Waals surface area contributed by atoms with Gasteiger partial charge in [0.1, 0.15) is 6.17 Å². The molecule has 2 aromatic carbocycles. The second-order valence-corrected chi connectivity index (χ2v) is 7.62. The number of hydrogen-bond acceptors (Lipinski definition) is 5. The van der Waals surface area contributed by atoms with Crippen molar-refractivity contribution in [1.29, 1.82) is 0 Å². The highest BCUT2D eigenvalue weighted by atomic mass is 32.2. The summed E-state index contributed by atoms with van der Waals surface area (Å²) in [7, 11) is -3.94. The van der Waals surface area contributed by atoms with E-state index in [4.69, 9.17) is 0 Å². The van der Waals surface area contributed by atoms with Crippen molar-refractivity contribution in [3.63, 3.8) is 0 Å². The van der Waals surface area contributed by atoms with Crippen LogP contribution in [0.3, 0.4) is 0 Å². The van der Waals surface area contributed by atoms with Gasteiger partial charge in [0.2, 0.25) is 0 Å². The van der Waals surface area contributed by atoms with Crippen LogP contribution in [0, 0.1) is 0 Å². The number of fused-ring (bicyclic) bond motifs is 1. The van der Waals surface area contributed by atoms with Gasteiger partial charge in [0.15, 0.2) is 0 Å². The van der Waals surface area contributed by atoms with E-state index < -0.39 is 22.1 Å². The molecule has 8 heteroatoms. The number of para-hydroxylation sites is 1. The number of hydrogen-bond donors (Lipinski definition) is 2. The average molecular weight is 380 g/mol. The third-order valence-corrected chi connectivity index (χ3v) is 5.53. The molecule has 0 fully saturated rings. The van der Waals surface area contributed by atoms with Crippen molar-refractivity contribution in [1.82, 2.24) is 14.8 Å². The van der Waals surface area contributed by atoms with Gasteiger partial charge in [-0.1, -0.05) is 36.4 Å². The molecule has 0 aliphatic carbocycles. The Morgan fingerprint density at radius 1 is 0.963 bits per heavy atom. The number of nitrogens with one attached hydrogen (secondary N) is 2. The Hall–Kier alpha value is -3.23. The Kier molecular flexibility index (Phi) is 4.35. The lowest BCUT2D eigenvalue weighted by Gasteiger charge is -2.37. The Morgan fingerprint density at radius 3 is 2.44 bits per heavy atom. The van der Waals surface area contributed by atoms with Crippen molar-refractivity contribution in [3.8, 4) is 0 Å². The van der Waals surface area contributed by atoms with Gasteiger partial charge in [-0.2, -0.15) is 0 Å². The summed E-state index contributed by atoms with van der Waals surface area (Å²) >= 11 is 0. The number of rotatable bonds is 4. The number of aromatic nitrogens is 1. The van der Waals surface area contributed by atoms with E-state index in [1.165, 1.54) is 12.1 Å². The lowest BCUT2D eigenvalue weighted by atomic mass is 10.1. The van der Waals surface area contributed by atoms with Crippen molar-refractivity contribution in [3.05, 3.63) is 90.3 Å². The highest BCUT2D eigenvalue weighted by molar-refractivity contribution is 7.89. The van der Waals surface area contributed by atoms with Crippen LogP contribution >= 0.6 is 0 Å². The number of sulfonamides is 1. The van der Waals surface area contributed by atoms with Gasteiger partial charge in [-0.15, -0.1) is 4.83 Å². The zero-order valence-electron chi connectivity index (χ0n) is 14.1. The lowest BCUT2D eigenvalue weighted by Crippen LogP contribution is -2.52. The van der Waals surface area contributed by atoms with E-state index in [0.717, 1.165) is 5.01 Å². The summed E-state index contributed by atoms with van der Waals surface area (Å²) < 4.78 is 25.6. The first kappa shape index (κ1) is 17.2. The van der Waals surface area contributed by atoms with Gasteiger partial charge in [0.05, 0.1) is 10.5 Å². The molecule has 3 aromatic rings. The van der Waals surface area contributed by atoms with Crippen LogP contribution in [-0.4, -0.2) is 24.3 Å². The summed E-state index contributed by atoms with van der Waals surface area (Å²) in [6.07, 6.45) is 2.46. The molecule has 1 aromatic heterocycles. The van der Waals surface area contributed by atoms with E-state index in [9.17, 15) is 13.2 Å². The van der Waals surface area contributed by atoms with E-state index in [1.54, 1.807) is 60.9 Å². The maximum absolute atomic E-state index is 13.0. The van der Waals surface area contributed by atoms with Gasteiger partial charge in [0, 0.05) is 23.6 Å². The Bertz CT molecular complexity index is 1070. The number of benzene rings is 2. The summed E-state index contributed by atoms with van der Waals surface area (Å²) in [5.41, 5.74) is 1.66. The largest absolute Gasteiger partial charge is 0.360 e. The third kappa shape index (κ3) is 3.27. The van der Waals surface area contributed by atoms with Crippen molar-refractivity contribution < 1.29 is 13.2 Å². The summed E-state index contributed by atoms with van der Waals surface area (Å²) in [5.74, 6) is -0.447. The van der Waals surface area contributed by atoms with Crippen molar-refractivity contribution in [2.24, 2.45) is 0 Å². The smallest absolute Gasteiger partial charge is 0.273 e. The molecule has 4 rings (SSSR count). The van der Waals surface area contributed by atoms with Gasteiger partial charge in [0.25, 0.3) is 15.9 Å². The van der Waals surface area contributed by atoms with E-state index in [0.29, 0.717) is 16.8 Å². The maximum atomic E-state index is 13.0. The van der Waals surface area contributed by atoms with Gasteiger partial charge >= 0.3 is 0 Å². The summed E-state index contributed by atoms with van der Waals surface area (Å²) in [5, 5.41) is 4.29. The van der Waals surface area contributed by atoms with E-state index >= 15 is 0 Å². The Labute approximate surface area is 156 Å². The first-order chi connectivity index (χ1) is 13.1. The maximum Gasteiger partial charge on any atom is 0.273 e. The first-order valence-corrected chi connectivity index (χ1v) is 9.71. The van der Waals surface area contributed by atoms with Crippen molar-refractivity contribution in [2.75, 3.05) is 5.32 Å². The molecule has 0 saturated heterocycles. The standard InChI is InChI=1S/C19H16N4O3S/c24-19-16-10-4-5-11-17(16)21-18(14-7-6-12-20-13-14)23(19)22-27(25,26)15-8-2-1-3-9-15/h1-13,18,21-22H. The van der Waals surface area contributed by atoms with Crippen LogP contribution in [0.4, 0.5) is 5.69 Å². The second-order valence-electron chi connectivity index (χ2n) is 5.96. The van der Waals surface area contributed by atoms with E-state index in [-0.39, 0.29) is 4.90 Å². The molecule has 1 atom stereocenters. The topological polar surface area (TPSA) is 91.4 Å². The van der Waals surface area contributed by atoms with Gasteiger partial charge < -0.3 is 5.32 Å². The minimum absolute atomic E-state index is 0.0709. The van der Waals surface area contributed by atoms with Crippen LogP contribution in [0.5, 0.6) is 0 Å². The van der Waals surface area contributed by atoms with Crippen LogP contribution < -0.4 is 10.1 Å². The number of amides is 1. The monoisotopic (exact) mass is 380 g/mol. The third-order valence-electron chi connectivity index (χ3n) is 4.20. The fourth-order valence-corrected chi connectivity index (χ4v) is 3.97. The Balaban J connectivity index is 1.77. The number of anilines is 1. The highest BCUT2D eigenvalue weighted by Gasteiger charge is 2.36. The molecule has 1 amide bonds. The minimum Gasteiger partial charge on any atom is -0.360 e. The fourth-order valence-electron chi connectivity index (χ4n) is 2.90. The van der Waals surface area contributed by atoms with Crippen LogP contribution in [0.15, 0.2) is 84.0 Å². The summed E-state index contributed by atoms with van der Waals surface area (Å²) in [6, 6.07) is 18.4. The molecule has 0 bridgehead atoms. The lowest BCUT2D eigenvalue weighted by molar-refractivity contribution is 0.0632. The minimum atomic E-state index is -3.94. The molecule has 1 aliphatic heterocycles. The predicted octanol–water partition coefficient (Wildman–Crippen LogP) is 2.54. The van der Waals surface area contributed by atoms with E-state index in [2.05, 4.69) is 15.1 Å². The van der Waals surface area contributed by atoms with E-state index in [1.807, 2.05) is 6.07 Å². The zero-order valence-corrected chi connectivity index (χ0v) is 14.9. The van der Waals surface area contributed by atoms with Crippen LogP contribution in [-0.2, 0) is 10.0 Å². The van der Waals surface area contributed by atoms with Crippen LogP contribution in [0.2, 0.25) is 0 Å². The number of carbonyl (C=O) groups excluding carboxylic acids is 1. The molecule has 2 N–H and O–H groups in total. The molecule has 0 radical (unpaired) electrons. The van der Waals surface area contributed by atoms with Gasteiger partial charge in [-0.05, 0) is 30.3 Å². The first-order valence-electron chi connectivity index (χ1n) is 8.23. The molecular formula is C19H16N4O3S. The second kappa shape index (κ2) is 6.82. The van der Waals surface area contributed by atoms with Gasteiger partial charge in [-0.25, -0.2) is 13.4 Å². The Morgan fingerprint density at radius 2 is 1.70 bits per heavy atom. The normalized spacial score (nSPS) is 16.5. The van der Waals surface area contributed by atoms with Crippen LogP contribution in [0.1, 0.15) is 22.1 Å². The molecule has 0 saturated carbocycles. The number of carbonyl (C=O) groups is 1. The fraction of sp³-hybridized carbons (Fsp3) is 0.0526. The van der Waals surface area contributed by atoms with Crippen LogP contribution in [0.25, 0.3) is 0 Å². The molecule has 1 unspecified atom stereocenters. The SMILES string of the molecule is O=C1c2ccccc2NC(c2cccnc2)N1NS(=O)(=O)c1ccccc1. The quantitative estimate of drug-likeness (QED) is 0.726. The molecular weight excluding hydrogens is 364 g/mol. The highest BCUT2D eigenvalue weighted by Crippen LogP contribution is 2.32. The predicted molar refractivity (Wildman–Crippen MR) is 100.0 cm³/mol. The molecule has 1 aliphatic rings. The average Bonchev–Trinajstić information content (AvgIpc) is 2.71. The molecule has 0 spiro atoms.